The van der Waals surface area contributed by atoms with E-state index < -0.39 is 23.8 Å². The maximum atomic E-state index is 13.1. The predicted molar refractivity (Wildman–Crippen MR) is 98.7 cm³/mol. The largest absolute Gasteiger partial charge is 0.494 e. The number of benzene rings is 2. The van der Waals surface area contributed by atoms with Crippen molar-refractivity contribution >= 4 is 29.2 Å². The summed E-state index contributed by atoms with van der Waals surface area (Å²) in [6.45, 7) is 3.49. The molecule has 0 fully saturated rings. The number of amides is 1. The molecule has 0 aromatic heterocycles. The van der Waals surface area contributed by atoms with Gasteiger partial charge in [0.2, 0.25) is 0 Å². The van der Waals surface area contributed by atoms with Gasteiger partial charge in [0.05, 0.1) is 11.6 Å². The van der Waals surface area contributed by atoms with E-state index >= 15 is 0 Å². The normalized spacial score (nSPS) is 11.4. The molecule has 0 saturated carbocycles. The Hall–Kier alpha value is -2.80. The second kappa shape index (κ2) is 9.78. The van der Waals surface area contributed by atoms with Crippen LogP contribution in [0, 0.1) is 5.82 Å². The summed E-state index contributed by atoms with van der Waals surface area (Å²) in [5.41, 5.74) is 0.292. The minimum absolute atomic E-state index is 0.124. The number of esters is 1. The molecule has 0 aliphatic carbocycles. The summed E-state index contributed by atoms with van der Waals surface area (Å²) in [6.07, 6.45) is -1.06. The zero-order valence-electron chi connectivity index (χ0n) is 14.8. The summed E-state index contributed by atoms with van der Waals surface area (Å²) < 4.78 is 28.7. The Morgan fingerprint density at radius 2 is 1.74 bits per heavy atom. The summed E-state index contributed by atoms with van der Waals surface area (Å²) in [7, 11) is 0. The fourth-order valence-electron chi connectivity index (χ4n) is 2.04. The van der Waals surface area contributed by atoms with Crippen molar-refractivity contribution < 1.29 is 28.2 Å². The van der Waals surface area contributed by atoms with Gasteiger partial charge in [0.25, 0.3) is 5.91 Å². The lowest BCUT2D eigenvalue weighted by molar-refractivity contribution is -0.155. The third-order valence-electron chi connectivity index (χ3n) is 3.36. The molecule has 2 rings (SSSR count). The van der Waals surface area contributed by atoms with Crippen LogP contribution in [0.4, 0.5) is 10.1 Å². The van der Waals surface area contributed by atoms with Crippen LogP contribution in [0.5, 0.6) is 11.5 Å². The van der Waals surface area contributed by atoms with Gasteiger partial charge < -0.3 is 19.5 Å². The highest BCUT2D eigenvalue weighted by molar-refractivity contribution is 6.31. The molecule has 0 unspecified atom stereocenters. The van der Waals surface area contributed by atoms with Crippen LogP contribution < -0.4 is 14.8 Å². The molecular formula is C19H19ClFNO5. The summed E-state index contributed by atoms with van der Waals surface area (Å²) >= 11 is 5.65. The molecule has 0 spiro atoms. The highest BCUT2D eigenvalue weighted by Gasteiger charge is 2.18. The first-order chi connectivity index (χ1) is 12.9. The third-order valence-corrected chi connectivity index (χ3v) is 3.65. The average Bonchev–Trinajstić information content (AvgIpc) is 2.64. The lowest BCUT2D eigenvalue weighted by Gasteiger charge is -2.14. The fraction of sp³-hybridized carbons (Fsp3) is 0.263. The van der Waals surface area contributed by atoms with Crippen LogP contribution in [-0.4, -0.2) is 31.2 Å². The highest BCUT2D eigenvalue weighted by atomic mass is 35.5. The highest BCUT2D eigenvalue weighted by Crippen LogP contribution is 2.20. The lowest BCUT2D eigenvalue weighted by Crippen LogP contribution is -2.31. The smallest absolute Gasteiger partial charge is 0.344 e. The molecule has 1 N–H and O–H groups in total. The van der Waals surface area contributed by atoms with E-state index in [0.717, 1.165) is 6.07 Å². The molecule has 0 bridgehead atoms. The molecule has 144 valence electrons. The first-order valence-corrected chi connectivity index (χ1v) is 8.58. The van der Waals surface area contributed by atoms with E-state index in [9.17, 15) is 14.0 Å². The summed E-state index contributed by atoms with van der Waals surface area (Å²) in [5, 5.41) is 2.36. The van der Waals surface area contributed by atoms with Crippen LogP contribution in [0.15, 0.2) is 42.5 Å². The van der Waals surface area contributed by atoms with Crippen LogP contribution in [-0.2, 0) is 14.3 Å². The zero-order valence-corrected chi connectivity index (χ0v) is 15.6. The first kappa shape index (κ1) is 20.5. The second-order valence-electron chi connectivity index (χ2n) is 5.44. The van der Waals surface area contributed by atoms with Gasteiger partial charge in [-0.1, -0.05) is 11.6 Å². The van der Waals surface area contributed by atoms with Crippen LogP contribution in [0.2, 0.25) is 5.02 Å². The van der Waals surface area contributed by atoms with Crippen molar-refractivity contribution in [2.45, 2.75) is 20.0 Å². The van der Waals surface area contributed by atoms with Gasteiger partial charge in [0.1, 0.15) is 17.3 Å². The van der Waals surface area contributed by atoms with E-state index in [1.165, 1.54) is 19.1 Å². The Kier molecular flexibility index (Phi) is 7.43. The Morgan fingerprint density at radius 3 is 2.33 bits per heavy atom. The quantitative estimate of drug-likeness (QED) is 0.688. The molecular weight excluding hydrogens is 377 g/mol. The first-order valence-electron chi connectivity index (χ1n) is 8.20. The van der Waals surface area contributed by atoms with Crippen molar-refractivity contribution in [3.8, 4) is 11.5 Å². The van der Waals surface area contributed by atoms with Crippen molar-refractivity contribution in [2.24, 2.45) is 0 Å². The number of nitrogens with one attached hydrogen (secondary N) is 1. The molecule has 0 saturated heterocycles. The number of anilines is 1. The zero-order chi connectivity index (χ0) is 19.8. The minimum Gasteiger partial charge on any atom is -0.494 e. The van der Waals surface area contributed by atoms with Crippen molar-refractivity contribution in [3.63, 3.8) is 0 Å². The number of carbonyl (C=O) groups excluding carboxylic acids is 2. The Balaban J connectivity index is 1.79. The maximum absolute atomic E-state index is 13.1. The SMILES string of the molecule is CCOc1ccc(OCC(=O)O[C@@H](C)C(=O)Nc2ccc(F)c(Cl)c2)cc1. The molecule has 0 aliphatic heterocycles. The van der Waals surface area contributed by atoms with E-state index in [-0.39, 0.29) is 11.6 Å². The van der Waals surface area contributed by atoms with E-state index in [1.807, 2.05) is 6.92 Å². The molecule has 1 atom stereocenters. The summed E-state index contributed by atoms with van der Waals surface area (Å²) in [5.74, 6) is -0.719. The monoisotopic (exact) mass is 395 g/mol. The molecule has 27 heavy (non-hydrogen) atoms. The molecule has 0 heterocycles. The van der Waals surface area contributed by atoms with Crippen molar-refractivity contribution in [3.05, 3.63) is 53.3 Å². The van der Waals surface area contributed by atoms with E-state index in [4.69, 9.17) is 25.8 Å². The van der Waals surface area contributed by atoms with Gasteiger partial charge in [-0.2, -0.15) is 0 Å². The summed E-state index contributed by atoms with van der Waals surface area (Å²) in [4.78, 5) is 23.9. The molecule has 8 heteroatoms. The predicted octanol–water partition coefficient (Wildman–Crippen LogP) is 3.83. The molecule has 2 aromatic carbocycles. The lowest BCUT2D eigenvalue weighted by atomic mass is 10.3. The second-order valence-corrected chi connectivity index (χ2v) is 5.85. The minimum atomic E-state index is -1.06. The molecule has 0 aliphatic rings. The van der Waals surface area contributed by atoms with Crippen LogP contribution >= 0.6 is 11.6 Å². The topological polar surface area (TPSA) is 73.9 Å². The van der Waals surface area contributed by atoms with Gasteiger partial charge in [0, 0.05) is 5.69 Å². The molecule has 0 radical (unpaired) electrons. The van der Waals surface area contributed by atoms with Gasteiger partial charge in [-0.25, -0.2) is 9.18 Å². The van der Waals surface area contributed by atoms with Gasteiger partial charge in [-0.05, 0) is 56.3 Å². The standard InChI is InChI=1S/C19H19ClFNO5/c1-3-25-14-5-7-15(8-6-14)26-11-18(23)27-12(2)19(24)22-13-4-9-17(21)16(20)10-13/h4-10,12H,3,11H2,1-2H3,(H,22,24)/t12-/m0/s1. The third kappa shape index (κ3) is 6.45. The number of ether oxygens (including phenoxy) is 3. The van der Waals surface area contributed by atoms with Gasteiger partial charge in [0.15, 0.2) is 12.7 Å². The molecule has 1 amide bonds. The fourth-order valence-corrected chi connectivity index (χ4v) is 2.22. The van der Waals surface area contributed by atoms with Crippen LogP contribution in [0.25, 0.3) is 0 Å². The van der Waals surface area contributed by atoms with E-state index in [1.54, 1.807) is 24.3 Å². The number of hydrogen-bond donors (Lipinski definition) is 1. The molecule has 2 aromatic rings. The number of carbonyl (C=O) groups is 2. The molecule has 6 nitrogen and oxygen atoms in total. The maximum Gasteiger partial charge on any atom is 0.344 e. The number of rotatable bonds is 8. The van der Waals surface area contributed by atoms with Gasteiger partial charge in [-0.3, -0.25) is 4.79 Å². The van der Waals surface area contributed by atoms with Gasteiger partial charge in [-0.15, -0.1) is 0 Å². The van der Waals surface area contributed by atoms with Crippen molar-refractivity contribution in [2.75, 3.05) is 18.5 Å². The Bertz CT molecular complexity index is 797. The van der Waals surface area contributed by atoms with E-state index in [0.29, 0.717) is 23.8 Å². The van der Waals surface area contributed by atoms with Crippen LogP contribution in [0.1, 0.15) is 13.8 Å². The van der Waals surface area contributed by atoms with Crippen LogP contribution in [0.3, 0.4) is 0 Å². The Morgan fingerprint density at radius 1 is 1.11 bits per heavy atom. The van der Waals surface area contributed by atoms with Gasteiger partial charge >= 0.3 is 5.97 Å². The average molecular weight is 396 g/mol. The summed E-state index contributed by atoms with van der Waals surface area (Å²) in [6, 6.07) is 10.5. The number of halogens is 2. The van der Waals surface area contributed by atoms with E-state index in [2.05, 4.69) is 5.32 Å². The Labute approximate surface area is 161 Å². The van der Waals surface area contributed by atoms with Crippen molar-refractivity contribution in [1.82, 2.24) is 0 Å². The van der Waals surface area contributed by atoms with Crippen molar-refractivity contribution in [1.29, 1.82) is 0 Å². The number of hydrogen-bond acceptors (Lipinski definition) is 5.